The summed E-state index contributed by atoms with van der Waals surface area (Å²) >= 11 is 0. The fourth-order valence-corrected chi connectivity index (χ4v) is 2.60. The number of phenolic OH excluding ortho intramolecular Hbond substituents is 2. The molecule has 0 aliphatic rings. The molecule has 0 fully saturated rings. The van der Waals surface area contributed by atoms with Crippen LogP contribution in [0, 0.1) is 20.2 Å². The van der Waals surface area contributed by atoms with E-state index in [2.05, 4.69) is 0 Å². The molecule has 138 valence electrons. The van der Waals surface area contributed by atoms with E-state index in [1.807, 2.05) is 0 Å². The predicted molar refractivity (Wildman–Crippen MR) is 88.1 cm³/mol. The molecule has 0 aliphatic carbocycles. The van der Waals surface area contributed by atoms with E-state index in [4.69, 9.17) is 9.05 Å². The van der Waals surface area contributed by atoms with Gasteiger partial charge in [0.15, 0.2) is 11.5 Å². The van der Waals surface area contributed by atoms with Gasteiger partial charge in [0.25, 0.3) is 0 Å². The molecule has 0 saturated heterocycles. The van der Waals surface area contributed by atoms with Gasteiger partial charge in [-0.25, -0.2) is 0 Å². The van der Waals surface area contributed by atoms with E-state index in [0.29, 0.717) is 11.1 Å². The molecule has 0 heterocycles. The van der Waals surface area contributed by atoms with Crippen molar-refractivity contribution in [1.82, 2.24) is 0 Å². The van der Waals surface area contributed by atoms with Crippen LogP contribution < -0.4 is 0 Å². The Morgan fingerprint density at radius 1 is 0.846 bits per heavy atom. The predicted octanol–water partition coefficient (Wildman–Crippen LogP) is 3.04. The number of hydrogen-bond acceptors (Lipinski definition) is 9. The van der Waals surface area contributed by atoms with Crippen LogP contribution in [0.1, 0.15) is 11.1 Å². The number of benzene rings is 2. The van der Waals surface area contributed by atoms with Crippen molar-refractivity contribution < 1.29 is 33.7 Å². The van der Waals surface area contributed by atoms with Crippen LogP contribution in [0.2, 0.25) is 0 Å². The second kappa shape index (κ2) is 8.39. The van der Waals surface area contributed by atoms with Crippen LogP contribution in [0.15, 0.2) is 36.4 Å². The molecule has 0 saturated carbocycles. The highest BCUT2D eigenvalue weighted by Gasteiger charge is 2.15. The summed E-state index contributed by atoms with van der Waals surface area (Å²) < 4.78 is 21.6. The van der Waals surface area contributed by atoms with E-state index < -0.39 is 41.0 Å². The molecule has 0 amide bonds. The number of aromatic hydroxyl groups is 2. The smallest absolute Gasteiger partial charge is 0.319 e. The minimum atomic E-state index is -2.94. The van der Waals surface area contributed by atoms with Gasteiger partial charge in [-0.3, -0.25) is 24.8 Å². The third-order valence-electron chi connectivity index (χ3n) is 3.19. The topological polar surface area (TPSA) is 162 Å². The molecule has 12 heteroatoms. The Hall–Kier alpha value is -3.01. The number of phenols is 2. The normalized spacial score (nSPS) is 10.8. The summed E-state index contributed by atoms with van der Waals surface area (Å²) in [5.74, 6) is -1.09. The fraction of sp³-hybridized carbons (Fsp3) is 0.143. The number of nitro groups is 2. The van der Waals surface area contributed by atoms with E-state index in [1.54, 1.807) is 0 Å². The maximum Gasteiger partial charge on any atom is 0.319 e. The lowest BCUT2D eigenvalue weighted by atomic mass is 10.2. The summed E-state index contributed by atoms with van der Waals surface area (Å²) in [5, 5.41) is 40.2. The molecule has 26 heavy (non-hydrogen) atoms. The second-order valence-corrected chi connectivity index (χ2v) is 6.07. The first-order chi connectivity index (χ1) is 12.3. The second-order valence-electron chi connectivity index (χ2n) is 4.99. The summed E-state index contributed by atoms with van der Waals surface area (Å²) in [4.78, 5) is 19.7. The fourth-order valence-electron chi connectivity index (χ4n) is 1.95. The molecule has 2 rings (SSSR count). The minimum absolute atomic E-state index is 0.213. The van der Waals surface area contributed by atoms with E-state index in [9.17, 15) is 35.0 Å². The Kier molecular flexibility index (Phi) is 6.23. The highest BCUT2D eigenvalue weighted by molar-refractivity contribution is 7.33. The molecule has 0 aliphatic heterocycles. The molecule has 2 aromatic carbocycles. The van der Waals surface area contributed by atoms with Crippen LogP contribution in [-0.2, 0) is 26.8 Å². The zero-order valence-electron chi connectivity index (χ0n) is 13.0. The molecule has 2 aromatic rings. The minimum Gasteiger partial charge on any atom is -0.502 e. The standard InChI is InChI=1S/C14H13N2O9P/c17-13-5-9(1-3-11(13)15(19)20)7-24-26(23)25-8-10-2-4-12(16(21)22)14(18)6-10/h1-6,17-18,26H,7-8H2. The lowest BCUT2D eigenvalue weighted by Crippen LogP contribution is -1.93. The van der Waals surface area contributed by atoms with E-state index in [-0.39, 0.29) is 13.2 Å². The molecular weight excluding hydrogens is 371 g/mol. The van der Waals surface area contributed by atoms with Crippen molar-refractivity contribution in [3.05, 3.63) is 67.8 Å². The van der Waals surface area contributed by atoms with Crippen LogP contribution in [0.4, 0.5) is 11.4 Å². The molecule has 0 bridgehead atoms. The highest BCUT2D eigenvalue weighted by Crippen LogP contribution is 2.32. The van der Waals surface area contributed by atoms with Crippen LogP contribution in [0.5, 0.6) is 11.5 Å². The average Bonchev–Trinajstić information content (AvgIpc) is 2.57. The summed E-state index contributed by atoms with van der Waals surface area (Å²) in [7, 11) is -2.94. The van der Waals surface area contributed by atoms with Crippen molar-refractivity contribution in [3.63, 3.8) is 0 Å². The molecule has 2 N–H and O–H groups in total. The summed E-state index contributed by atoms with van der Waals surface area (Å²) in [5.41, 5.74) is -0.225. The van der Waals surface area contributed by atoms with Gasteiger partial charge in [-0.2, -0.15) is 0 Å². The van der Waals surface area contributed by atoms with Crippen molar-refractivity contribution in [3.8, 4) is 11.5 Å². The Balaban J connectivity index is 1.88. The maximum atomic E-state index is 11.7. The van der Waals surface area contributed by atoms with Crippen LogP contribution in [0.25, 0.3) is 0 Å². The quantitative estimate of drug-likeness (QED) is 0.395. The number of hydrogen-bond donors (Lipinski definition) is 2. The zero-order chi connectivity index (χ0) is 19.3. The first-order valence-electron chi connectivity index (χ1n) is 7.00. The molecule has 11 nitrogen and oxygen atoms in total. The molecule has 0 aromatic heterocycles. The van der Waals surface area contributed by atoms with Crippen LogP contribution in [-0.4, -0.2) is 20.1 Å². The van der Waals surface area contributed by atoms with Crippen LogP contribution >= 0.6 is 8.25 Å². The monoisotopic (exact) mass is 384 g/mol. The van der Waals surface area contributed by atoms with Gasteiger partial charge in [0.2, 0.25) is 0 Å². The summed E-state index contributed by atoms with van der Waals surface area (Å²) in [6.07, 6.45) is 0. The Morgan fingerprint density at radius 3 is 1.54 bits per heavy atom. The van der Waals surface area contributed by atoms with Gasteiger partial charge in [0.1, 0.15) is 0 Å². The number of rotatable bonds is 8. The summed E-state index contributed by atoms with van der Waals surface area (Å²) in [6, 6.07) is 7.07. The van der Waals surface area contributed by atoms with Crippen molar-refractivity contribution in [1.29, 1.82) is 0 Å². The molecule has 0 unspecified atom stereocenters. The van der Waals surface area contributed by atoms with Crippen molar-refractivity contribution in [2.24, 2.45) is 0 Å². The Bertz CT molecular complexity index is 802. The Morgan fingerprint density at radius 2 is 1.23 bits per heavy atom. The van der Waals surface area contributed by atoms with Gasteiger partial charge >= 0.3 is 19.6 Å². The first kappa shape index (κ1) is 19.3. The number of nitrogens with zero attached hydrogens (tertiary/aromatic N) is 2. The Labute approximate surface area is 146 Å². The third kappa shape index (κ3) is 4.99. The third-order valence-corrected chi connectivity index (χ3v) is 3.95. The zero-order valence-corrected chi connectivity index (χ0v) is 14.0. The first-order valence-corrected chi connectivity index (χ1v) is 8.22. The summed E-state index contributed by atoms with van der Waals surface area (Å²) in [6.45, 7) is -0.427. The van der Waals surface area contributed by atoms with E-state index in [1.165, 1.54) is 12.1 Å². The molecular formula is C14H13N2O9P. The van der Waals surface area contributed by atoms with Gasteiger partial charge in [-0.05, 0) is 35.4 Å². The van der Waals surface area contributed by atoms with Crippen molar-refractivity contribution in [2.45, 2.75) is 13.2 Å². The SMILES string of the molecule is O=[N+]([O-])c1ccc(CO[PH](=O)OCc2ccc([N+](=O)[O-])c(O)c2)cc1O. The molecule has 0 radical (unpaired) electrons. The van der Waals surface area contributed by atoms with Crippen LogP contribution in [0.3, 0.4) is 0 Å². The van der Waals surface area contributed by atoms with Gasteiger partial charge in [0, 0.05) is 12.1 Å². The van der Waals surface area contributed by atoms with E-state index in [0.717, 1.165) is 24.3 Å². The molecule has 0 atom stereocenters. The van der Waals surface area contributed by atoms with Gasteiger partial charge in [-0.15, -0.1) is 0 Å². The van der Waals surface area contributed by atoms with Crippen molar-refractivity contribution in [2.75, 3.05) is 0 Å². The van der Waals surface area contributed by atoms with Crippen molar-refractivity contribution >= 4 is 19.6 Å². The lowest BCUT2D eigenvalue weighted by Gasteiger charge is -2.07. The van der Waals surface area contributed by atoms with Gasteiger partial charge in [0.05, 0.1) is 23.1 Å². The average molecular weight is 384 g/mol. The largest absolute Gasteiger partial charge is 0.502 e. The van der Waals surface area contributed by atoms with Gasteiger partial charge < -0.3 is 19.3 Å². The highest BCUT2D eigenvalue weighted by atomic mass is 31.1. The maximum absolute atomic E-state index is 11.7. The van der Waals surface area contributed by atoms with Gasteiger partial charge in [-0.1, -0.05) is 0 Å². The number of nitro benzene ring substituents is 2. The molecule has 0 spiro atoms. The van der Waals surface area contributed by atoms with E-state index >= 15 is 0 Å². The lowest BCUT2D eigenvalue weighted by molar-refractivity contribution is -0.386.